The number of guanidine groups is 1. The van der Waals surface area contributed by atoms with Gasteiger partial charge in [-0.3, -0.25) is 14.4 Å². The SMILES string of the molecule is CC/C=C\C/C=C\C/C=C\C/C=C\C/C=C\C/C=C\CCC(=O)NCCNC(=O)C1=C[C@@H](N=C(N)N)[C@@H](NC(C)=O)C([C@H](O)[C@H](O)CO)O1. The summed E-state index contributed by atoms with van der Waals surface area (Å²) in [5, 5.41) is 37.7. The van der Waals surface area contributed by atoms with Crippen LogP contribution in [-0.4, -0.2) is 89.1 Å². The number of rotatable bonds is 23. The fourth-order valence-electron chi connectivity index (χ4n) is 4.55. The monoisotopic (exact) mass is 684 g/mol. The van der Waals surface area contributed by atoms with E-state index in [1.165, 1.54) is 13.0 Å². The van der Waals surface area contributed by atoms with Crippen molar-refractivity contribution in [2.24, 2.45) is 16.5 Å². The first kappa shape index (κ1) is 42.6. The summed E-state index contributed by atoms with van der Waals surface area (Å²) in [6.07, 6.45) is 28.5. The molecule has 1 unspecified atom stereocenters. The summed E-state index contributed by atoms with van der Waals surface area (Å²) in [7, 11) is 0. The molecule has 0 aromatic rings. The predicted octanol–water partition coefficient (Wildman–Crippen LogP) is 1.84. The Balaban J connectivity index is 2.38. The number of nitrogens with one attached hydrogen (secondary N) is 3. The Hall–Kier alpha value is -4.46. The van der Waals surface area contributed by atoms with Gasteiger partial charge in [0.2, 0.25) is 11.8 Å². The number of allylic oxidation sites excluding steroid dienone is 12. The third-order valence-electron chi connectivity index (χ3n) is 6.98. The molecule has 0 radical (unpaired) electrons. The lowest BCUT2D eigenvalue weighted by Gasteiger charge is -2.39. The van der Waals surface area contributed by atoms with E-state index >= 15 is 0 Å². The molecular weight excluding hydrogens is 628 g/mol. The molecule has 1 aliphatic heterocycles. The summed E-state index contributed by atoms with van der Waals surface area (Å²) >= 11 is 0. The largest absolute Gasteiger partial charge is 0.480 e. The molecule has 0 aromatic carbocycles. The number of hydrogen-bond donors (Lipinski definition) is 8. The lowest BCUT2D eigenvalue weighted by Crippen LogP contribution is -2.60. The molecule has 10 N–H and O–H groups in total. The molecule has 0 bridgehead atoms. The van der Waals surface area contributed by atoms with Gasteiger partial charge in [-0.2, -0.15) is 0 Å². The Labute approximate surface area is 290 Å². The van der Waals surface area contributed by atoms with Crippen LogP contribution in [0.3, 0.4) is 0 Å². The standard InChI is InChI=1S/C36H56N6O7/c1-3-4-5-6-7-8-9-10-11-12-13-14-15-16-17-18-19-20-21-22-31(46)39-23-24-40-35(48)30-25-28(42-36(37)38)32(41-27(2)44)34(49-30)33(47)29(45)26-43/h4-5,7-8,10-11,13-14,16-17,19-20,25,28-29,32-34,43,45,47H,3,6,9,12,15,18,21-24,26H2,1-2H3,(H,39,46)(H,40,48)(H,41,44)(H4,37,38,42)/b5-4-,8-7-,11-10-,14-13-,17-16-,20-19-/t28-,29-,32-,33-,34?/m1/s1. The Bertz CT molecular complexity index is 1230. The van der Waals surface area contributed by atoms with Crippen LogP contribution < -0.4 is 27.4 Å². The van der Waals surface area contributed by atoms with Gasteiger partial charge in [-0.25, -0.2) is 4.99 Å². The summed E-state index contributed by atoms with van der Waals surface area (Å²) in [6, 6.07) is -2.09. The van der Waals surface area contributed by atoms with Crippen molar-refractivity contribution in [1.82, 2.24) is 16.0 Å². The lowest BCUT2D eigenvalue weighted by atomic mass is 9.92. The Kier molecular flexibility index (Phi) is 23.0. The fraction of sp³-hybridized carbons (Fsp3) is 0.500. The van der Waals surface area contributed by atoms with Crippen molar-refractivity contribution in [3.63, 3.8) is 0 Å². The number of hydrogen-bond acceptors (Lipinski definition) is 8. The first-order valence-electron chi connectivity index (χ1n) is 16.8. The van der Waals surface area contributed by atoms with Gasteiger partial charge < -0.3 is 47.5 Å². The number of carbonyl (C=O) groups excluding carboxylic acids is 3. The summed E-state index contributed by atoms with van der Waals surface area (Å²) in [5.41, 5.74) is 11.0. The molecule has 49 heavy (non-hydrogen) atoms. The lowest BCUT2D eigenvalue weighted by molar-refractivity contribution is -0.134. The highest BCUT2D eigenvalue weighted by atomic mass is 16.5. The molecule has 1 heterocycles. The minimum Gasteiger partial charge on any atom is -0.480 e. The highest BCUT2D eigenvalue weighted by Gasteiger charge is 2.43. The summed E-state index contributed by atoms with van der Waals surface area (Å²) in [5.74, 6) is -1.98. The van der Waals surface area contributed by atoms with Gasteiger partial charge in [0, 0.05) is 26.4 Å². The Morgan fingerprint density at radius 1 is 0.857 bits per heavy atom. The predicted molar refractivity (Wildman–Crippen MR) is 193 cm³/mol. The molecule has 272 valence electrons. The third-order valence-corrected chi connectivity index (χ3v) is 6.98. The number of nitrogens with zero attached hydrogens (tertiary/aromatic N) is 1. The molecule has 13 heteroatoms. The van der Waals surface area contributed by atoms with Crippen LogP contribution >= 0.6 is 0 Å². The van der Waals surface area contributed by atoms with Crippen LogP contribution in [0.15, 0.2) is 89.7 Å². The topological polar surface area (TPSA) is 222 Å². The maximum atomic E-state index is 12.8. The van der Waals surface area contributed by atoms with Crippen molar-refractivity contribution < 1.29 is 34.4 Å². The Morgan fingerprint density at radius 2 is 1.37 bits per heavy atom. The maximum absolute atomic E-state index is 12.8. The van der Waals surface area contributed by atoms with Crippen LogP contribution in [0.4, 0.5) is 0 Å². The van der Waals surface area contributed by atoms with Crippen molar-refractivity contribution in [3.8, 4) is 0 Å². The van der Waals surface area contributed by atoms with E-state index in [1.54, 1.807) is 0 Å². The van der Waals surface area contributed by atoms with Gasteiger partial charge >= 0.3 is 0 Å². The molecule has 0 saturated carbocycles. The quantitative estimate of drug-likeness (QED) is 0.0340. The molecule has 5 atom stereocenters. The molecule has 0 spiro atoms. The number of ether oxygens (including phenoxy) is 1. The highest BCUT2D eigenvalue weighted by molar-refractivity contribution is 5.92. The van der Waals surface area contributed by atoms with Crippen LogP contribution in [0.1, 0.15) is 65.2 Å². The number of aliphatic hydroxyl groups is 3. The number of aliphatic imine (C=N–C) groups is 1. The second kappa shape index (κ2) is 26.5. The van der Waals surface area contributed by atoms with Crippen molar-refractivity contribution in [2.45, 2.75) is 95.6 Å². The second-order valence-electron chi connectivity index (χ2n) is 11.2. The number of carbonyl (C=O) groups is 3. The third kappa shape index (κ3) is 19.8. The van der Waals surface area contributed by atoms with Gasteiger partial charge in [0.05, 0.1) is 18.7 Å². The van der Waals surface area contributed by atoms with Crippen LogP contribution in [-0.2, 0) is 19.1 Å². The van der Waals surface area contributed by atoms with Crippen molar-refractivity contribution in [2.75, 3.05) is 19.7 Å². The van der Waals surface area contributed by atoms with Gasteiger partial charge in [-0.15, -0.1) is 0 Å². The van der Waals surface area contributed by atoms with E-state index in [2.05, 4.69) is 88.6 Å². The van der Waals surface area contributed by atoms with E-state index in [-0.39, 0.29) is 30.7 Å². The van der Waals surface area contributed by atoms with Crippen molar-refractivity contribution in [1.29, 1.82) is 0 Å². The van der Waals surface area contributed by atoms with Crippen molar-refractivity contribution >= 4 is 23.7 Å². The van der Waals surface area contributed by atoms with E-state index in [4.69, 9.17) is 16.2 Å². The van der Waals surface area contributed by atoms with Crippen LogP contribution in [0.25, 0.3) is 0 Å². The van der Waals surface area contributed by atoms with E-state index in [0.717, 1.165) is 38.5 Å². The number of aliphatic hydroxyl groups excluding tert-OH is 3. The van der Waals surface area contributed by atoms with E-state index in [0.29, 0.717) is 12.8 Å². The summed E-state index contributed by atoms with van der Waals surface area (Å²) in [6.45, 7) is 2.78. The Morgan fingerprint density at radius 3 is 1.86 bits per heavy atom. The van der Waals surface area contributed by atoms with Gasteiger partial charge in [0.1, 0.15) is 18.3 Å². The van der Waals surface area contributed by atoms with Crippen molar-refractivity contribution in [3.05, 3.63) is 84.7 Å². The summed E-state index contributed by atoms with van der Waals surface area (Å²) < 4.78 is 5.64. The van der Waals surface area contributed by atoms with Crippen LogP contribution in [0.2, 0.25) is 0 Å². The molecule has 0 saturated heterocycles. The van der Waals surface area contributed by atoms with Gasteiger partial charge in [-0.1, -0.05) is 79.8 Å². The number of amides is 3. The minimum absolute atomic E-state index is 0.0692. The molecular formula is C36H56N6O7. The average molecular weight is 685 g/mol. The average Bonchev–Trinajstić information content (AvgIpc) is 3.07. The molecule has 0 aliphatic carbocycles. The minimum atomic E-state index is -1.70. The van der Waals surface area contributed by atoms with E-state index in [9.17, 15) is 29.7 Å². The van der Waals surface area contributed by atoms with Crippen LogP contribution in [0, 0.1) is 0 Å². The van der Waals surface area contributed by atoms with Crippen LogP contribution in [0.5, 0.6) is 0 Å². The molecule has 1 aliphatic rings. The zero-order valence-electron chi connectivity index (χ0n) is 28.7. The molecule has 3 amide bonds. The zero-order chi connectivity index (χ0) is 36.3. The molecule has 0 aromatic heterocycles. The normalized spacial score (nSPS) is 19.4. The van der Waals surface area contributed by atoms with Gasteiger partial charge in [0.25, 0.3) is 5.91 Å². The molecule has 1 rings (SSSR count). The van der Waals surface area contributed by atoms with E-state index < -0.39 is 48.8 Å². The summed E-state index contributed by atoms with van der Waals surface area (Å²) in [4.78, 5) is 40.8. The second-order valence-corrected chi connectivity index (χ2v) is 11.2. The van der Waals surface area contributed by atoms with Gasteiger partial charge in [-0.05, 0) is 51.0 Å². The van der Waals surface area contributed by atoms with E-state index in [1.807, 2.05) is 12.2 Å². The first-order valence-corrected chi connectivity index (χ1v) is 16.8. The fourth-order valence-corrected chi connectivity index (χ4v) is 4.55. The highest BCUT2D eigenvalue weighted by Crippen LogP contribution is 2.25. The smallest absolute Gasteiger partial charge is 0.286 e. The number of nitrogens with two attached hydrogens (primary N) is 2. The van der Waals surface area contributed by atoms with Gasteiger partial charge in [0.15, 0.2) is 11.7 Å². The maximum Gasteiger partial charge on any atom is 0.286 e. The first-order chi connectivity index (χ1) is 23.6. The zero-order valence-corrected chi connectivity index (χ0v) is 28.7. The molecule has 0 fully saturated rings. The molecule has 13 nitrogen and oxygen atoms in total.